The second-order valence-corrected chi connectivity index (χ2v) is 7.50. The molecule has 0 radical (unpaired) electrons. The van der Waals surface area contributed by atoms with Crippen molar-refractivity contribution in [3.63, 3.8) is 0 Å². The fourth-order valence-corrected chi connectivity index (χ4v) is 4.00. The molecule has 0 spiro atoms. The molecular weight excluding hydrogens is 380 g/mol. The summed E-state index contributed by atoms with van der Waals surface area (Å²) in [5, 5.41) is 0. The van der Waals surface area contributed by atoms with Gasteiger partial charge in [-0.1, -0.05) is 12.1 Å². The Morgan fingerprint density at radius 3 is 2.73 bits per heavy atom. The monoisotopic (exact) mass is 406 g/mol. The van der Waals surface area contributed by atoms with Crippen molar-refractivity contribution in [3.8, 4) is 17.2 Å². The van der Waals surface area contributed by atoms with Crippen molar-refractivity contribution in [2.45, 2.75) is 32.4 Å². The highest BCUT2D eigenvalue weighted by Gasteiger charge is 2.28. The van der Waals surface area contributed by atoms with Crippen LogP contribution in [-0.2, 0) is 11.3 Å². The molecule has 1 aliphatic heterocycles. The van der Waals surface area contributed by atoms with Crippen LogP contribution >= 0.6 is 0 Å². The minimum atomic E-state index is -0.358. The average Bonchev–Trinajstić information content (AvgIpc) is 3.40. The number of nitrogens with zero attached hydrogens (tertiary/aromatic N) is 2. The normalized spacial score (nSPS) is 16.6. The number of ether oxygens (including phenoxy) is 2. The number of carbonyl (C=O) groups is 1. The molecule has 6 heteroatoms. The molecule has 2 heterocycles. The highest BCUT2D eigenvalue weighted by molar-refractivity contribution is 5.89. The molecule has 1 fully saturated rings. The van der Waals surface area contributed by atoms with Crippen molar-refractivity contribution in [1.29, 1.82) is 0 Å². The van der Waals surface area contributed by atoms with Crippen LogP contribution in [-0.4, -0.2) is 36.6 Å². The molecule has 0 N–H and O–H groups in total. The first kappa shape index (κ1) is 20.2. The first-order chi connectivity index (χ1) is 14.6. The summed E-state index contributed by atoms with van der Waals surface area (Å²) in [6, 6.07) is 15.7. The largest absolute Gasteiger partial charge is 0.497 e. The summed E-state index contributed by atoms with van der Waals surface area (Å²) in [7, 11) is 3.07. The van der Waals surface area contributed by atoms with Gasteiger partial charge in [-0.15, -0.1) is 0 Å². The van der Waals surface area contributed by atoms with Gasteiger partial charge in [0.05, 0.1) is 25.5 Å². The van der Waals surface area contributed by atoms with Crippen molar-refractivity contribution in [2.75, 3.05) is 20.8 Å². The van der Waals surface area contributed by atoms with Gasteiger partial charge in [0.15, 0.2) is 0 Å². The van der Waals surface area contributed by atoms with E-state index in [2.05, 4.69) is 17.0 Å². The Balaban J connectivity index is 1.52. The topological polar surface area (TPSA) is 64.8 Å². The maximum absolute atomic E-state index is 11.6. The molecule has 0 bridgehead atoms. The molecule has 1 atom stereocenters. The Kier molecular flexibility index (Phi) is 5.86. The van der Waals surface area contributed by atoms with E-state index >= 15 is 0 Å². The minimum absolute atomic E-state index is 0.346. The lowest BCUT2D eigenvalue weighted by Gasteiger charge is -2.24. The molecule has 30 heavy (non-hydrogen) atoms. The van der Waals surface area contributed by atoms with Gasteiger partial charge >= 0.3 is 5.97 Å². The van der Waals surface area contributed by atoms with Crippen LogP contribution in [0.5, 0.6) is 5.75 Å². The van der Waals surface area contributed by atoms with Gasteiger partial charge in [-0.05, 0) is 68.3 Å². The van der Waals surface area contributed by atoms with Crippen molar-refractivity contribution < 1.29 is 18.7 Å². The van der Waals surface area contributed by atoms with Gasteiger partial charge in [0, 0.05) is 18.2 Å². The number of esters is 1. The molecule has 1 saturated heterocycles. The number of aryl methyl sites for hydroxylation is 1. The van der Waals surface area contributed by atoms with Gasteiger partial charge in [-0.2, -0.15) is 0 Å². The third-order valence-electron chi connectivity index (χ3n) is 5.64. The van der Waals surface area contributed by atoms with E-state index in [-0.39, 0.29) is 5.97 Å². The molecule has 1 unspecified atom stereocenters. The quantitative estimate of drug-likeness (QED) is 0.549. The Labute approximate surface area is 176 Å². The molecule has 0 aliphatic carbocycles. The molecule has 6 nitrogen and oxygen atoms in total. The van der Waals surface area contributed by atoms with E-state index in [0.29, 0.717) is 17.5 Å². The molecule has 0 saturated carbocycles. The fourth-order valence-electron chi connectivity index (χ4n) is 4.00. The maximum atomic E-state index is 11.6. The van der Waals surface area contributed by atoms with Gasteiger partial charge in [0.25, 0.3) is 0 Å². The second-order valence-electron chi connectivity index (χ2n) is 7.50. The summed E-state index contributed by atoms with van der Waals surface area (Å²) in [4.78, 5) is 18.8. The van der Waals surface area contributed by atoms with Crippen LogP contribution in [0, 0.1) is 6.92 Å². The molecule has 4 rings (SSSR count). The van der Waals surface area contributed by atoms with Crippen LogP contribution in [0.15, 0.2) is 52.9 Å². The molecule has 156 valence electrons. The van der Waals surface area contributed by atoms with E-state index in [1.807, 2.05) is 31.2 Å². The number of rotatable bonds is 6. The molecule has 1 aliphatic rings. The summed E-state index contributed by atoms with van der Waals surface area (Å²) in [5.74, 6) is 1.91. The standard InChI is InChI=1S/C24H26N2O4/c1-16-21(25-23(30-16)17-9-11-18(12-10-17)24(27)29-3)15-26-13-5-8-22(26)19-6-4-7-20(14-19)28-2/h4,6-7,9-12,14,22H,5,8,13,15H2,1-3H3. The second kappa shape index (κ2) is 8.71. The number of aromatic nitrogens is 1. The van der Waals surface area contributed by atoms with Crippen molar-refractivity contribution in [2.24, 2.45) is 0 Å². The fraction of sp³-hybridized carbons (Fsp3) is 0.333. The van der Waals surface area contributed by atoms with Crippen molar-refractivity contribution in [3.05, 3.63) is 71.1 Å². The lowest BCUT2D eigenvalue weighted by Crippen LogP contribution is -2.23. The minimum Gasteiger partial charge on any atom is -0.497 e. The first-order valence-electron chi connectivity index (χ1n) is 10.1. The molecule has 0 amide bonds. The van der Waals surface area contributed by atoms with Gasteiger partial charge < -0.3 is 13.9 Å². The van der Waals surface area contributed by atoms with E-state index < -0.39 is 0 Å². The predicted molar refractivity (Wildman–Crippen MR) is 113 cm³/mol. The Morgan fingerprint density at radius 1 is 1.20 bits per heavy atom. The zero-order chi connectivity index (χ0) is 21.1. The molecular formula is C24H26N2O4. The molecule has 1 aromatic heterocycles. The van der Waals surface area contributed by atoms with Crippen LogP contribution < -0.4 is 4.74 Å². The SMILES string of the molecule is COC(=O)c1ccc(-c2nc(CN3CCCC3c3cccc(OC)c3)c(C)o2)cc1. The first-order valence-corrected chi connectivity index (χ1v) is 10.1. The van der Waals surface area contributed by atoms with Crippen LogP contribution in [0.25, 0.3) is 11.5 Å². The van der Waals surface area contributed by atoms with Crippen LogP contribution in [0.4, 0.5) is 0 Å². The number of hydrogen-bond acceptors (Lipinski definition) is 6. The Hall–Kier alpha value is -3.12. The lowest BCUT2D eigenvalue weighted by atomic mass is 10.0. The van der Waals surface area contributed by atoms with Crippen LogP contribution in [0.1, 0.15) is 46.3 Å². The highest BCUT2D eigenvalue weighted by Crippen LogP contribution is 2.35. The van der Waals surface area contributed by atoms with E-state index in [9.17, 15) is 4.79 Å². The number of benzene rings is 2. The van der Waals surface area contributed by atoms with Gasteiger partial charge in [0.2, 0.25) is 5.89 Å². The zero-order valence-corrected chi connectivity index (χ0v) is 17.6. The van der Waals surface area contributed by atoms with E-state index in [4.69, 9.17) is 18.9 Å². The number of carbonyl (C=O) groups excluding carboxylic acids is 1. The number of methoxy groups -OCH3 is 2. The third kappa shape index (κ3) is 4.09. The summed E-state index contributed by atoms with van der Waals surface area (Å²) in [6.45, 7) is 3.71. The summed E-state index contributed by atoms with van der Waals surface area (Å²) in [6.07, 6.45) is 2.27. The van der Waals surface area contributed by atoms with E-state index in [0.717, 1.165) is 48.7 Å². The molecule has 3 aromatic rings. The van der Waals surface area contributed by atoms with Crippen LogP contribution in [0.3, 0.4) is 0 Å². The Morgan fingerprint density at radius 2 is 2.00 bits per heavy atom. The van der Waals surface area contributed by atoms with E-state index in [1.54, 1.807) is 19.2 Å². The number of oxazole rings is 1. The highest BCUT2D eigenvalue weighted by atomic mass is 16.5. The lowest BCUT2D eigenvalue weighted by molar-refractivity contribution is 0.0600. The van der Waals surface area contributed by atoms with Gasteiger partial charge in [0.1, 0.15) is 11.5 Å². The number of likely N-dealkylation sites (tertiary alicyclic amines) is 1. The Bertz CT molecular complexity index is 1030. The van der Waals surface area contributed by atoms with Gasteiger partial charge in [-0.25, -0.2) is 9.78 Å². The summed E-state index contributed by atoms with van der Waals surface area (Å²) >= 11 is 0. The zero-order valence-electron chi connectivity index (χ0n) is 17.6. The molecule has 2 aromatic carbocycles. The summed E-state index contributed by atoms with van der Waals surface area (Å²) in [5.41, 5.74) is 3.55. The van der Waals surface area contributed by atoms with Crippen molar-refractivity contribution in [1.82, 2.24) is 9.88 Å². The third-order valence-corrected chi connectivity index (χ3v) is 5.64. The van der Waals surface area contributed by atoms with Crippen molar-refractivity contribution >= 4 is 5.97 Å². The van der Waals surface area contributed by atoms with Crippen LogP contribution in [0.2, 0.25) is 0 Å². The van der Waals surface area contributed by atoms with Gasteiger partial charge in [-0.3, -0.25) is 4.90 Å². The predicted octanol–water partition coefficient (Wildman–Crippen LogP) is 4.78. The average molecular weight is 406 g/mol. The van der Waals surface area contributed by atoms with E-state index in [1.165, 1.54) is 12.7 Å². The summed E-state index contributed by atoms with van der Waals surface area (Å²) < 4.78 is 16.1. The smallest absolute Gasteiger partial charge is 0.337 e. The number of hydrogen-bond donors (Lipinski definition) is 0. The maximum Gasteiger partial charge on any atom is 0.337 e.